The number of nitrogens with zero attached hydrogens (tertiary/aromatic N) is 3. The van der Waals surface area contributed by atoms with E-state index in [1.165, 1.54) is 0 Å². The van der Waals surface area contributed by atoms with E-state index in [0.29, 0.717) is 5.89 Å². The SMILES string of the molecule is Cc1ccc(C2(C)NC(=O)N(Cc3nnc(C)o3)C2=O)cc1. The summed E-state index contributed by atoms with van der Waals surface area (Å²) in [6, 6.07) is 7.03. The number of rotatable bonds is 3. The van der Waals surface area contributed by atoms with Crippen molar-refractivity contribution in [3.8, 4) is 0 Å². The smallest absolute Gasteiger partial charge is 0.325 e. The lowest BCUT2D eigenvalue weighted by Crippen LogP contribution is -2.40. The summed E-state index contributed by atoms with van der Waals surface area (Å²) < 4.78 is 5.24. The second kappa shape index (κ2) is 4.94. The topological polar surface area (TPSA) is 88.3 Å². The molecule has 1 unspecified atom stereocenters. The Morgan fingerprint density at radius 1 is 1.18 bits per heavy atom. The van der Waals surface area contributed by atoms with Crippen LogP contribution in [-0.2, 0) is 16.9 Å². The maximum Gasteiger partial charge on any atom is 0.325 e. The molecule has 1 saturated heterocycles. The molecule has 0 radical (unpaired) electrons. The van der Waals surface area contributed by atoms with Crippen LogP contribution in [0.25, 0.3) is 0 Å². The molecule has 1 N–H and O–H groups in total. The first kappa shape index (κ1) is 14.2. The number of aromatic nitrogens is 2. The minimum Gasteiger partial charge on any atom is -0.424 e. The molecule has 1 aliphatic heterocycles. The van der Waals surface area contributed by atoms with E-state index in [-0.39, 0.29) is 18.3 Å². The minimum absolute atomic E-state index is 0.0348. The Kier molecular flexibility index (Phi) is 3.20. The van der Waals surface area contributed by atoms with Crippen LogP contribution in [-0.4, -0.2) is 27.0 Å². The fourth-order valence-corrected chi connectivity index (χ4v) is 2.46. The molecule has 7 nitrogen and oxygen atoms in total. The molecule has 1 atom stereocenters. The van der Waals surface area contributed by atoms with Gasteiger partial charge in [-0.05, 0) is 19.4 Å². The Morgan fingerprint density at radius 3 is 2.45 bits per heavy atom. The molecule has 2 heterocycles. The van der Waals surface area contributed by atoms with Gasteiger partial charge in [0.1, 0.15) is 12.1 Å². The molecule has 0 bridgehead atoms. The first-order valence-corrected chi connectivity index (χ1v) is 6.90. The summed E-state index contributed by atoms with van der Waals surface area (Å²) in [6.07, 6.45) is 0. The van der Waals surface area contributed by atoms with Crippen LogP contribution in [0.3, 0.4) is 0 Å². The monoisotopic (exact) mass is 300 g/mol. The second-order valence-corrected chi connectivity index (χ2v) is 5.53. The van der Waals surface area contributed by atoms with E-state index in [9.17, 15) is 9.59 Å². The van der Waals surface area contributed by atoms with Gasteiger partial charge in [0, 0.05) is 6.92 Å². The molecule has 22 heavy (non-hydrogen) atoms. The molecule has 0 spiro atoms. The van der Waals surface area contributed by atoms with Crippen LogP contribution in [0.5, 0.6) is 0 Å². The zero-order valence-electron chi connectivity index (χ0n) is 12.6. The highest BCUT2D eigenvalue weighted by atomic mass is 16.4. The number of urea groups is 1. The van der Waals surface area contributed by atoms with Gasteiger partial charge >= 0.3 is 6.03 Å². The van der Waals surface area contributed by atoms with Crippen molar-refractivity contribution in [1.82, 2.24) is 20.4 Å². The molecular weight excluding hydrogens is 284 g/mol. The largest absolute Gasteiger partial charge is 0.424 e. The Hall–Kier alpha value is -2.70. The lowest BCUT2D eigenvalue weighted by atomic mass is 9.91. The van der Waals surface area contributed by atoms with Gasteiger partial charge in [0.25, 0.3) is 5.91 Å². The predicted molar refractivity (Wildman–Crippen MR) is 76.6 cm³/mol. The van der Waals surface area contributed by atoms with Crippen molar-refractivity contribution in [1.29, 1.82) is 0 Å². The van der Waals surface area contributed by atoms with Gasteiger partial charge in [-0.3, -0.25) is 9.69 Å². The maximum atomic E-state index is 12.7. The van der Waals surface area contributed by atoms with E-state index in [2.05, 4.69) is 15.5 Å². The van der Waals surface area contributed by atoms with Gasteiger partial charge in [-0.1, -0.05) is 29.8 Å². The van der Waals surface area contributed by atoms with E-state index < -0.39 is 11.6 Å². The van der Waals surface area contributed by atoms with E-state index in [0.717, 1.165) is 16.0 Å². The summed E-state index contributed by atoms with van der Waals surface area (Å²) in [6.45, 7) is 5.27. The van der Waals surface area contributed by atoms with Crippen LogP contribution >= 0.6 is 0 Å². The van der Waals surface area contributed by atoms with Gasteiger partial charge in [0.2, 0.25) is 11.8 Å². The van der Waals surface area contributed by atoms with Crippen LogP contribution in [0.4, 0.5) is 4.79 Å². The molecule has 2 aromatic rings. The molecule has 114 valence electrons. The Labute approximate surface area is 127 Å². The molecule has 1 aliphatic rings. The second-order valence-electron chi connectivity index (χ2n) is 5.53. The third-order valence-electron chi connectivity index (χ3n) is 3.77. The summed E-state index contributed by atoms with van der Waals surface area (Å²) >= 11 is 0. The maximum absolute atomic E-state index is 12.7. The Balaban J connectivity index is 1.88. The van der Waals surface area contributed by atoms with Crippen molar-refractivity contribution < 1.29 is 14.0 Å². The quantitative estimate of drug-likeness (QED) is 0.871. The van der Waals surface area contributed by atoms with Crippen LogP contribution in [0.2, 0.25) is 0 Å². The lowest BCUT2D eigenvalue weighted by molar-refractivity contribution is -0.131. The molecule has 7 heteroatoms. The van der Waals surface area contributed by atoms with Gasteiger partial charge < -0.3 is 9.73 Å². The van der Waals surface area contributed by atoms with Crippen LogP contribution < -0.4 is 5.32 Å². The number of nitrogens with one attached hydrogen (secondary N) is 1. The van der Waals surface area contributed by atoms with Crippen LogP contribution in [0, 0.1) is 13.8 Å². The average Bonchev–Trinajstić information content (AvgIpc) is 2.97. The third kappa shape index (κ3) is 2.24. The predicted octanol–water partition coefficient (Wildman–Crippen LogP) is 1.65. The number of carbonyl (C=O) groups excluding carboxylic acids is 2. The molecular formula is C15H16N4O3. The van der Waals surface area contributed by atoms with Crippen molar-refractivity contribution in [3.05, 3.63) is 47.2 Å². The summed E-state index contributed by atoms with van der Waals surface area (Å²) in [7, 11) is 0. The molecule has 3 amide bonds. The summed E-state index contributed by atoms with van der Waals surface area (Å²) in [5.41, 5.74) is 0.739. The minimum atomic E-state index is -1.08. The molecule has 0 saturated carbocycles. The van der Waals surface area contributed by atoms with Gasteiger partial charge in [-0.15, -0.1) is 10.2 Å². The van der Waals surface area contributed by atoms with Gasteiger partial charge in [-0.25, -0.2) is 4.79 Å². The molecule has 0 aliphatic carbocycles. The highest BCUT2D eigenvalue weighted by Crippen LogP contribution is 2.29. The summed E-state index contributed by atoms with van der Waals surface area (Å²) in [5.74, 6) is 0.287. The number of hydrogen-bond donors (Lipinski definition) is 1. The fraction of sp³-hybridized carbons (Fsp3) is 0.333. The number of benzene rings is 1. The van der Waals surface area contributed by atoms with Gasteiger partial charge in [0.05, 0.1) is 0 Å². The molecule has 3 rings (SSSR count). The number of imide groups is 1. The summed E-state index contributed by atoms with van der Waals surface area (Å²) in [4.78, 5) is 25.9. The van der Waals surface area contributed by atoms with E-state index in [4.69, 9.17) is 4.42 Å². The Bertz CT molecular complexity index is 738. The molecule has 1 aromatic heterocycles. The van der Waals surface area contributed by atoms with Crippen molar-refractivity contribution in [2.45, 2.75) is 32.9 Å². The highest BCUT2D eigenvalue weighted by molar-refractivity contribution is 6.07. The number of hydrogen-bond acceptors (Lipinski definition) is 5. The first-order valence-electron chi connectivity index (χ1n) is 6.90. The van der Waals surface area contributed by atoms with Crippen LogP contribution in [0.1, 0.15) is 29.8 Å². The lowest BCUT2D eigenvalue weighted by Gasteiger charge is -2.22. The van der Waals surface area contributed by atoms with Crippen molar-refractivity contribution in [2.75, 3.05) is 0 Å². The zero-order valence-corrected chi connectivity index (χ0v) is 12.6. The molecule has 1 fully saturated rings. The fourth-order valence-electron chi connectivity index (χ4n) is 2.46. The van der Waals surface area contributed by atoms with Crippen LogP contribution in [0.15, 0.2) is 28.7 Å². The summed E-state index contributed by atoms with van der Waals surface area (Å²) in [5, 5.41) is 10.3. The van der Waals surface area contributed by atoms with E-state index in [1.54, 1.807) is 13.8 Å². The number of aryl methyl sites for hydroxylation is 2. The third-order valence-corrected chi connectivity index (χ3v) is 3.77. The van der Waals surface area contributed by atoms with E-state index in [1.807, 2.05) is 31.2 Å². The van der Waals surface area contributed by atoms with Crippen molar-refractivity contribution >= 4 is 11.9 Å². The van der Waals surface area contributed by atoms with E-state index >= 15 is 0 Å². The zero-order chi connectivity index (χ0) is 15.9. The normalized spacial score (nSPS) is 21.3. The average molecular weight is 300 g/mol. The number of amides is 3. The number of carbonyl (C=O) groups is 2. The Morgan fingerprint density at radius 2 is 1.86 bits per heavy atom. The van der Waals surface area contributed by atoms with Gasteiger partial charge in [-0.2, -0.15) is 0 Å². The highest BCUT2D eigenvalue weighted by Gasteiger charge is 2.49. The molecule has 1 aromatic carbocycles. The van der Waals surface area contributed by atoms with Gasteiger partial charge in [0.15, 0.2) is 0 Å². The van der Waals surface area contributed by atoms with Crippen molar-refractivity contribution in [3.63, 3.8) is 0 Å². The first-order chi connectivity index (χ1) is 10.4. The standard InChI is InChI=1S/C15H16N4O3/c1-9-4-6-11(7-5-9)15(3)13(20)19(14(21)16-15)8-12-18-17-10(2)22-12/h4-7H,8H2,1-3H3,(H,16,21). The van der Waals surface area contributed by atoms with Crippen molar-refractivity contribution in [2.24, 2.45) is 0 Å².